The fourth-order valence-corrected chi connectivity index (χ4v) is 6.54. The molecule has 0 fully saturated rings. The second-order valence-corrected chi connectivity index (χ2v) is 16.0. The highest BCUT2D eigenvalue weighted by molar-refractivity contribution is 5.71. The van der Waals surface area contributed by atoms with E-state index in [-0.39, 0.29) is 37.5 Å². The van der Waals surface area contributed by atoms with Crippen molar-refractivity contribution in [3.63, 3.8) is 0 Å². The maximum Gasteiger partial charge on any atom is 0.306 e. The monoisotopic (exact) mass is 823 g/mol. The third kappa shape index (κ3) is 45.8. The smallest absolute Gasteiger partial charge is 0.306 e. The van der Waals surface area contributed by atoms with E-state index in [0.29, 0.717) is 25.7 Å². The van der Waals surface area contributed by atoms with Crippen LogP contribution in [0.2, 0.25) is 0 Å². The summed E-state index contributed by atoms with van der Waals surface area (Å²) in [5.41, 5.74) is 0. The summed E-state index contributed by atoms with van der Waals surface area (Å²) in [6.07, 6.45) is 59.0. The maximum absolute atomic E-state index is 12.7. The van der Waals surface area contributed by atoms with Crippen LogP contribution >= 0.6 is 0 Å². The Kier molecular flexibility index (Phi) is 45.0. The third-order valence-corrected chi connectivity index (χ3v) is 10.2. The molecule has 0 aromatic carbocycles. The predicted octanol–water partition coefficient (Wildman–Crippen LogP) is 15.9. The SMILES string of the molecule is CC/C=C\C/C=C\C/C=C\C/C=C\C/C=C\CCCC(=O)OCC(COC(=O)CCC/C=C\CCCCCC)OC(=O)CCCCCCCCCCCCCCCCC. The molecule has 0 amide bonds. The highest BCUT2D eigenvalue weighted by Crippen LogP contribution is 2.15. The number of ether oxygens (including phenoxy) is 3. The zero-order chi connectivity index (χ0) is 43.0. The minimum absolute atomic E-state index is 0.107. The standard InChI is InChI=1S/C53H90O6/c1-4-7-10-13-16-19-21-23-25-26-28-29-31-34-37-40-43-46-52(55)58-49-50(48-57-51(54)45-42-39-36-33-18-15-12-9-6-3)59-53(56)47-44-41-38-35-32-30-27-24-22-20-17-14-11-8-5-2/h7,10,16,19,23,25,28-29,33-34,36-37,50H,4-6,8-9,11-15,17-18,20-22,24,26-27,30-32,35,38-49H2,1-3H3/b10-7-,19-16-,25-23-,29-28-,36-33-,37-34-. The molecule has 0 aliphatic rings. The molecule has 59 heavy (non-hydrogen) atoms. The van der Waals surface area contributed by atoms with Gasteiger partial charge in [-0.3, -0.25) is 14.4 Å². The second kappa shape index (κ2) is 47.5. The van der Waals surface area contributed by atoms with Crippen LogP contribution in [-0.2, 0) is 28.6 Å². The minimum atomic E-state index is -0.805. The molecule has 0 heterocycles. The highest BCUT2D eigenvalue weighted by atomic mass is 16.6. The van der Waals surface area contributed by atoms with E-state index in [1.807, 2.05) is 0 Å². The predicted molar refractivity (Wildman–Crippen MR) is 251 cm³/mol. The van der Waals surface area contributed by atoms with Gasteiger partial charge in [-0.05, 0) is 77.0 Å². The number of carbonyl (C=O) groups is 3. The average Bonchev–Trinajstić information content (AvgIpc) is 3.23. The van der Waals surface area contributed by atoms with Crippen molar-refractivity contribution in [3.8, 4) is 0 Å². The molecule has 0 aromatic heterocycles. The van der Waals surface area contributed by atoms with Crippen LogP contribution in [0.15, 0.2) is 72.9 Å². The molecule has 1 atom stereocenters. The summed E-state index contributed by atoms with van der Waals surface area (Å²) in [6, 6.07) is 0. The van der Waals surface area contributed by atoms with E-state index in [1.165, 1.54) is 103 Å². The van der Waals surface area contributed by atoms with Gasteiger partial charge < -0.3 is 14.2 Å². The number of esters is 3. The van der Waals surface area contributed by atoms with Gasteiger partial charge >= 0.3 is 17.9 Å². The van der Waals surface area contributed by atoms with E-state index in [9.17, 15) is 14.4 Å². The van der Waals surface area contributed by atoms with Crippen LogP contribution in [0.5, 0.6) is 0 Å². The van der Waals surface area contributed by atoms with Crippen LogP contribution < -0.4 is 0 Å². The summed E-state index contributed by atoms with van der Waals surface area (Å²) < 4.78 is 16.7. The van der Waals surface area contributed by atoms with Gasteiger partial charge in [-0.15, -0.1) is 0 Å². The zero-order valence-electron chi connectivity index (χ0n) is 38.5. The molecule has 1 unspecified atom stereocenters. The summed E-state index contributed by atoms with van der Waals surface area (Å²) in [5.74, 6) is -0.999. The molecule has 0 saturated heterocycles. The van der Waals surface area contributed by atoms with E-state index < -0.39 is 6.10 Å². The number of hydrogen-bond acceptors (Lipinski definition) is 6. The van der Waals surface area contributed by atoms with E-state index >= 15 is 0 Å². The van der Waals surface area contributed by atoms with Crippen molar-refractivity contribution in [2.75, 3.05) is 13.2 Å². The topological polar surface area (TPSA) is 78.9 Å². The lowest BCUT2D eigenvalue weighted by atomic mass is 10.0. The number of rotatable bonds is 43. The van der Waals surface area contributed by atoms with Gasteiger partial charge in [-0.25, -0.2) is 0 Å². The Bertz CT molecular complexity index is 1130. The van der Waals surface area contributed by atoms with Gasteiger partial charge in [0.2, 0.25) is 0 Å². The molecular formula is C53H90O6. The average molecular weight is 823 g/mol. The first-order chi connectivity index (χ1) is 29.0. The zero-order valence-corrected chi connectivity index (χ0v) is 38.5. The lowest BCUT2D eigenvalue weighted by molar-refractivity contribution is -0.167. The Hall–Kier alpha value is -3.15. The van der Waals surface area contributed by atoms with E-state index in [0.717, 1.165) is 70.6 Å². The third-order valence-electron chi connectivity index (χ3n) is 10.2. The quantitative estimate of drug-likeness (QED) is 0.0264. The second-order valence-electron chi connectivity index (χ2n) is 16.0. The van der Waals surface area contributed by atoms with Crippen molar-refractivity contribution in [2.24, 2.45) is 0 Å². The van der Waals surface area contributed by atoms with Crippen LogP contribution in [0, 0.1) is 0 Å². The molecular weight excluding hydrogens is 733 g/mol. The molecule has 0 rings (SSSR count). The van der Waals surface area contributed by atoms with Gasteiger partial charge in [-0.1, -0.05) is 203 Å². The maximum atomic E-state index is 12.7. The first-order valence-electron chi connectivity index (χ1n) is 24.4. The van der Waals surface area contributed by atoms with Crippen molar-refractivity contribution in [1.82, 2.24) is 0 Å². The van der Waals surface area contributed by atoms with E-state index in [2.05, 4.69) is 93.7 Å². The number of unbranched alkanes of at least 4 members (excludes halogenated alkanes) is 20. The molecule has 0 spiro atoms. The van der Waals surface area contributed by atoms with Gasteiger partial charge in [0.05, 0.1) is 0 Å². The van der Waals surface area contributed by atoms with Crippen molar-refractivity contribution in [2.45, 2.75) is 232 Å². The summed E-state index contributed by atoms with van der Waals surface area (Å²) >= 11 is 0. The lowest BCUT2D eigenvalue weighted by Crippen LogP contribution is -2.30. The van der Waals surface area contributed by atoms with Crippen molar-refractivity contribution < 1.29 is 28.6 Å². The first-order valence-corrected chi connectivity index (χ1v) is 24.4. The Labute approximate surface area is 363 Å². The fraction of sp³-hybridized carbons (Fsp3) is 0.717. The highest BCUT2D eigenvalue weighted by Gasteiger charge is 2.19. The normalized spacial score (nSPS) is 12.7. The molecule has 0 N–H and O–H groups in total. The molecule has 0 aliphatic carbocycles. The van der Waals surface area contributed by atoms with Gasteiger partial charge in [0, 0.05) is 19.3 Å². The van der Waals surface area contributed by atoms with Gasteiger partial charge in [-0.2, -0.15) is 0 Å². The van der Waals surface area contributed by atoms with Gasteiger partial charge in [0.25, 0.3) is 0 Å². The summed E-state index contributed by atoms with van der Waals surface area (Å²) in [4.78, 5) is 37.8. The van der Waals surface area contributed by atoms with Gasteiger partial charge in [0.15, 0.2) is 6.10 Å². The Morgan fingerprint density at radius 3 is 1.10 bits per heavy atom. The lowest BCUT2D eigenvalue weighted by Gasteiger charge is -2.18. The molecule has 338 valence electrons. The van der Waals surface area contributed by atoms with E-state index in [1.54, 1.807) is 0 Å². The van der Waals surface area contributed by atoms with Crippen LogP contribution in [-0.4, -0.2) is 37.2 Å². The fourth-order valence-electron chi connectivity index (χ4n) is 6.54. The molecule has 0 aromatic rings. The van der Waals surface area contributed by atoms with Crippen LogP contribution in [0.25, 0.3) is 0 Å². The largest absolute Gasteiger partial charge is 0.462 e. The van der Waals surface area contributed by atoms with Crippen molar-refractivity contribution in [1.29, 1.82) is 0 Å². The molecule has 6 nitrogen and oxygen atoms in total. The molecule has 0 radical (unpaired) electrons. The van der Waals surface area contributed by atoms with Gasteiger partial charge in [0.1, 0.15) is 13.2 Å². The van der Waals surface area contributed by atoms with Crippen molar-refractivity contribution >= 4 is 17.9 Å². The Morgan fingerprint density at radius 1 is 0.356 bits per heavy atom. The number of allylic oxidation sites excluding steroid dienone is 12. The molecule has 0 saturated carbocycles. The Balaban J connectivity index is 4.44. The van der Waals surface area contributed by atoms with E-state index in [4.69, 9.17) is 14.2 Å². The summed E-state index contributed by atoms with van der Waals surface area (Å²) in [5, 5.41) is 0. The number of carbonyl (C=O) groups excluding carboxylic acids is 3. The van der Waals surface area contributed by atoms with Crippen LogP contribution in [0.4, 0.5) is 0 Å². The molecule has 0 aliphatic heterocycles. The van der Waals surface area contributed by atoms with Crippen LogP contribution in [0.3, 0.4) is 0 Å². The molecule has 6 heteroatoms. The minimum Gasteiger partial charge on any atom is -0.462 e. The number of hydrogen-bond donors (Lipinski definition) is 0. The summed E-state index contributed by atoms with van der Waals surface area (Å²) in [6.45, 7) is 6.41. The molecule has 0 bridgehead atoms. The Morgan fingerprint density at radius 2 is 0.678 bits per heavy atom. The summed E-state index contributed by atoms with van der Waals surface area (Å²) in [7, 11) is 0. The van der Waals surface area contributed by atoms with Crippen LogP contribution in [0.1, 0.15) is 226 Å². The first kappa shape index (κ1) is 55.9. The van der Waals surface area contributed by atoms with Crippen molar-refractivity contribution in [3.05, 3.63) is 72.9 Å².